The van der Waals surface area contributed by atoms with E-state index < -0.39 is 12.3 Å². The van der Waals surface area contributed by atoms with Crippen molar-refractivity contribution in [2.45, 2.75) is 79.9 Å². The van der Waals surface area contributed by atoms with Gasteiger partial charge < -0.3 is 41.6 Å². The van der Waals surface area contributed by atoms with Crippen LogP contribution in [-0.4, -0.2) is 28.9 Å². The molecule has 0 aliphatic carbocycles. The number of ether oxygens (including phenoxy) is 2. The van der Waals surface area contributed by atoms with E-state index in [0.29, 0.717) is 41.1 Å². The molecule has 2 atom stereocenters. The van der Waals surface area contributed by atoms with Crippen LogP contribution in [0.1, 0.15) is 90.0 Å². The minimum Gasteiger partial charge on any atom is -0.490 e. The summed E-state index contributed by atoms with van der Waals surface area (Å²) in [6, 6.07) is 17.3. The van der Waals surface area contributed by atoms with E-state index in [2.05, 4.69) is 71.3 Å². The first kappa shape index (κ1) is 34.3. The molecule has 0 fully saturated rings. The summed E-state index contributed by atoms with van der Waals surface area (Å²) in [7, 11) is 0. The number of hydrogen-bond acceptors (Lipinski definition) is 7. The zero-order chi connectivity index (χ0) is 31.7. The minimum atomic E-state index is -0.493. The summed E-state index contributed by atoms with van der Waals surface area (Å²) in [4.78, 5) is 9.52. The van der Waals surface area contributed by atoms with Gasteiger partial charge in [0.1, 0.15) is 29.5 Å². The zero-order valence-electron chi connectivity index (χ0n) is 27.3. The van der Waals surface area contributed by atoms with E-state index in [4.69, 9.17) is 30.6 Å². The Hall–Kier alpha value is -3.59. The SMILES string of the molecule is CC(C)C(Oc1ccc2c(c1)/C(=N/c1cccc(NC3[N-]C(=N)c4ccc(OC(C(C)C)C(C)C)cc43)n1)[N-]C2N)C(C)C.[Cu+2]. The summed E-state index contributed by atoms with van der Waals surface area (Å²) in [6.45, 7) is 17.4. The number of anilines is 1. The summed E-state index contributed by atoms with van der Waals surface area (Å²) < 4.78 is 12.8. The molecule has 2 aromatic carbocycles. The van der Waals surface area contributed by atoms with Gasteiger partial charge in [-0.1, -0.05) is 85.3 Å². The number of nitrogens with one attached hydrogen (secondary N) is 2. The Morgan fingerprint density at radius 3 is 2.00 bits per heavy atom. The molecule has 1 aromatic heterocycles. The van der Waals surface area contributed by atoms with Crippen molar-refractivity contribution in [1.29, 1.82) is 5.41 Å². The molecule has 3 heterocycles. The van der Waals surface area contributed by atoms with Gasteiger partial charge in [0, 0.05) is 6.17 Å². The first-order valence-electron chi connectivity index (χ1n) is 15.6. The maximum atomic E-state index is 8.44. The first-order valence-corrected chi connectivity index (χ1v) is 15.6. The molecule has 243 valence electrons. The molecule has 2 aliphatic rings. The molecule has 45 heavy (non-hydrogen) atoms. The van der Waals surface area contributed by atoms with Gasteiger partial charge in [0.15, 0.2) is 0 Å². The van der Waals surface area contributed by atoms with E-state index in [-0.39, 0.29) is 35.1 Å². The topological polar surface area (TPSA) is 134 Å². The molecule has 10 heteroatoms. The normalized spacial score (nSPS) is 18.0. The van der Waals surface area contributed by atoms with Crippen molar-refractivity contribution in [2.24, 2.45) is 34.4 Å². The van der Waals surface area contributed by atoms with Gasteiger partial charge in [0.05, 0.1) is 12.0 Å². The van der Waals surface area contributed by atoms with Crippen molar-refractivity contribution in [2.75, 3.05) is 5.32 Å². The number of pyridine rings is 1. The Bertz CT molecular complexity index is 1520. The van der Waals surface area contributed by atoms with Crippen molar-refractivity contribution >= 4 is 23.3 Å². The fourth-order valence-corrected chi connectivity index (χ4v) is 6.07. The second kappa shape index (κ2) is 14.2. The molecule has 2 aliphatic heterocycles. The van der Waals surface area contributed by atoms with E-state index in [1.807, 2.05) is 54.6 Å². The number of benzene rings is 2. The predicted molar refractivity (Wildman–Crippen MR) is 178 cm³/mol. The molecule has 1 radical (unpaired) electrons. The average Bonchev–Trinajstić information content (AvgIpc) is 3.44. The van der Waals surface area contributed by atoms with Gasteiger partial charge in [0.25, 0.3) is 0 Å². The smallest absolute Gasteiger partial charge is 0.490 e. The number of fused-ring (bicyclic) bond motifs is 2. The van der Waals surface area contributed by atoms with Gasteiger partial charge in [-0.3, -0.25) is 0 Å². The molecule has 0 saturated carbocycles. The minimum absolute atomic E-state index is 0. The molecule has 9 nitrogen and oxygen atoms in total. The number of hydrogen-bond donors (Lipinski definition) is 3. The van der Waals surface area contributed by atoms with Crippen molar-refractivity contribution in [3.63, 3.8) is 0 Å². The summed E-state index contributed by atoms with van der Waals surface area (Å²) >= 11 is 0. The van der Waals surface area contributed by atoms with Crippen LogP contribution in [0.2, 0.25) is 0 Å². The fourth-order valence-electron chi connectivity index (χ4n) is 6.07. The van der Waals surface area contributed by atoms with Crippen LogP contribution in [0.25, 0.3) is 10.6 Å². The zero-order valence-corrected chi connectivity index (χ0v) is 28.2. The van der Waals surface area contributed by atoms with E-state index in [0.717, 1.165) is 33.8 Å². The average molecular weight is 659 g/mol. The van der Waals surface area contributed by atoms with Crippen molar-refractivity contribution in [3.8, 4) is 11.5 Å². The molecule has 4 N–H and O–H groups in total. The Balaban J connectivity index is 0.00000461. The largest absolute Gasteiger partial charge is 2.00 e. The van der Waals surface area contributed by atoms with Crippen LogP contribution in [0.15, 0.2) is 59.6 Å². The Labute approximate surface area is 278 Å². The van der Waals surface area contributed by atoms with Gasteiger partial charge in [-0.05, 0) is 82.3 Å². The Kier molecular flexibility index (Phi) is 10.8. The van der Waals surface area contributed by atoms with Crippen LogP contribution < -0.4 is 20.5 Å². The molecule has 2 unspecified atom stereocenters. The van der Waals surface area contributed by atoms with Gasteiger partial charge in [0.2, 0.25) is 0 Å². The van der Waals surface area contributed by atoms with Crippen LogP contribution in [0.3, 0.4) is 0 Å². The number of rotatable bonds is 11. The van der Waals surface area contributed by atoms with Crippen LogP contribution >= 0.6 is 0 Å². The monoisotopic (exact) mass is 658 g/mol. The predicted octanol–water partition coefficient (Wildman–Crippen LogP) is 8.44. The van der Waals surface area contributed by atoms with E-state index in [1.165, 1.54) is 0 Å². The van der Waals surface area contributed by atoms with Crippen molar-refractivity contribution < 1.29 is 26.5 Å². The molecule has 0 saturated heterocycles. The third kappa shape index (κ3) is 7.63. The third-order valence-corrected chi connectivity index (χ3v) is 8.09. The van der Waals surface area contributed by atoms with Gasteiger partial charge in [-0.15, -0.1) is 0 Å². The number of nitrogens with zero attached hydrogens (tertiary/aromatic N) is 4. The standard InChI is InChI=1S/C35H45N7O2.Cu/c1-18(2)30(19(3)4)43-22-12-14-24-26(16-22)34(41-32(24)36)39-28-10-9-11-29(38-28)40-35-27-17-23(13-15-25(27)33(37)42-35)44-31(20(5)6)21(7)8;/h9-21,30-32,35H,36H2,1-8H3,(H2-2,37,38,39,40,41,42);/q-2;+2. The fraction of sp³-hybridized carbons (Fsp3) is 0.457. The second-order valence-corrected chi connectivity index (χ2v) is 13.1. The number of aliphatic imine (C=N–C) groups is 1. The van der Waals surface area contributed by atoms with E-state index in [1.54, 1.807) is 0 Å². The van der Waals surface area contributed by atoms with E-state index >= 15 is 0 Å². The van der Waals surface area contributed by atoms with Crippen LogP contribution in [0.4, 0.5) is 11.6 Å². The number of nitrogens with two attached hydrogens (primary N) is 1. The maximum absolute atomic E-state index is 8.44. The van der Waals surface area contributed by atoms with Gasteiger partial charge in [-0.2, -0.15) is 0 Å². The molecular weight excluding hydrogens is 614 g/mol. The first-order chi connectivity index (χ1) is 20.9. The van der Waals surface area contributed by atoms with E-state index in [9.17, 15) is 0 Å². The quantitative estimate of drug-likeness (QED) is 0.178. The molecular formula is C35H45CuN7O2. The molecule has 0 amide bonds. The molecule has 3 aromatic rings. The van der Waals surface area contributed by atoms with Gasteiger partial charge >= 0.3 is 17.1 Å². The third-order valence-electron chi connectivity index (χ3n) is 8.09. The Morgan fingerprint density at radius 1 is 0.778 bits per heavy atom. The van der Waals surface area contributed by atoms with Crippen LogP contribution in [0.5, 0.6) is 11.5 Å². The van der Waals surface area contributed by atoms with Crippen molar-refractivity contribution in [1.82, 2.24) is 4.98 Å². The molecule has 0 spiro atoms. The molecule has 5 rings (SSSR count). The summed E-state index contributed by atoms with van der Waals surface area (Å²) in [5.74, 6) is 4.88. The van der Waals surface area contributed by atoms with Gasteiger partial charge in [-0.25, -0.2) is 4.98 Å². The summed E-state index contributed by atoms with van der Waals surface area (Å²) in [6.07, 6.45) is -0.782. The molecule has 0 bridgehead atoms. The number of amidine groups is 2. The van der Waals surface area contributed by atoms with Crippen LogP contribution in [-0.2, 0) is 17.1 Å². The van der Waals surface area contributed by atoms with Crippen LogP contribution in [0, 0.1) is 29.1 Å². The summed E-state index contributed by atoms with van der Waals surface area (Å²) in [5.41, 5.74) is 9.77. The maximum Gasteiger partial charge on any atom is 2.00 e. The Morgan fingerprint density at radius 2 is 1.38 bits per heavy atom. The second-order valence-electron chi connectivity index (χ2n) is 13.1. The summed E-state index contributed by atoms with van der Waals surface area (Å²) in [5, 5.41) is 21.0. The number of aromatic nitrogens is 1. The van der Waals surface area contributed by atoms with Crippen molar-refractivity contribution in [3.05, 3.63) is 87.5 Å².